The Bertz CT molecular complexity index is 490. The van der Waals surface area contributed by atoms with Crippen molar-refractivity contribution in [2.24, 2.45) is 0 Å². The van der Waals surface area contributed by atoms with Gasteiger partial charge in [0, 0.05) is 4.88 Å². The number of fused-ring (bicyclic) bond motifs is 1. The Kier molecular flexibility index (Phi) is 2.69. The number of thiophene rings is 1. The van der Waals surface area contributed by atoms with Crippen molar-refractivity contribution >= 4 is 33.2 Å². The predicted octanol–water partition coefficient (Wildman–Crippen LogP) is 4.03. The molecule has 0 unspecified atom stereocenters. The summed E-state index contributed by atoms with van der Waals surface area (Å²) in [4.78, 5) is 9.54. The number of aromatic nitrogens is 2. The molecule has 2 rings (SSSR count). The van der Waals surface area contributed by atoms with Gasteiger partial charge in [-0.2, -0.15) is 0 Å². The van der Waals surface area contributed by atoms with E-state index in [1.54, 1.807) is 11.3 Å². The van der Waals surface area contributed by atoms with Crippen molar-refractivity contribution in [3.63, 3.8) is 0 Å². The van der Waals surface area contributed by atoms with E-state index in [-0.39, 0.29) is 5.41 Å². The molecular formula is C11H13ClN2S. The second-order valence-electron chi connectivity index (χ2n) is 4.23. The lowest BCUT2D eigenvalue weighted by atomic mass is 9.88. The van der Waals surface area contributed by atoms with Crippen LogP contribution in [-0.2, 0) is 5.41 Å². The smallest absolute Gasteiger partial charge is 0.150 e. The van der Waals surface area contributed by atoms with E-state index in [1.165, 1.54) is 11.2 Å². The zero-order valence-corrected chi connectivity index (χ0v) is 10.6. The summed E-state index contributed by atoms with van der Waals surface area (Å²) in [6, 6.07) is 2.12. The Balaban J connectivity index is 2.62. The minimum absolute atomic E-state index is 0.189. The first-order chi connectivity index (χ1) is 7.04. The third-order valence-corrected chi connectivity index (χ3v) is 4.71. The summed E-state index contributed by atoms with van der Waals surface area (Å²) in [5.41, 5.74) is 1.14. The monoisotopic (exact) mass is 240 g/mol. The molecule has 0 spiro atoms. The number of nitrogens with zero attached hydrogens (tertiary/aromatic N) is 2. The zero-order chi connectivity index (χ0) is 11.1. The van der Waals surface area contributed by atoms with Gasteiger partial charge in [-0.1, -0.05) is 32.4 Å². The average Bonchev–Trinajstić information content (AvgIpc) is 2.64. The van der Waals surface area contributed by atoms with Crippen LogP contribution in [0.1, 0.15) is 32.1 Å². The first-order valence-corrected chi connectivity index (χ1v) is 6.14. The molecule has 0 radical (unpaired) electrons. The molecule has 0 aromatic carbocycles. The van der Waals surface area contributed by atoms with Gasteiger partial charge < -0.3 is 0 Å². The van der Waals surface area contributed by atoms with Gasteiger partial charge in [0.15, 0.2) is 0 Å². The van der Waals surface area contributed by atoms with E-state index >= 15 is 0 Å². The maximum Gasteiger partial charge on any atom is 0.150 e. The van der Waals surface area contributed by atoms with Crippen LogP contribution in [0.5, 0.6) is 0 Å². The van der Waals surface area contributed by atoms with Crippen LogP contribution in [0.25, 0.3) is 10.2 Å². The van der Waals surface area contributed by atoms with E-state index in [0.717, 1.165) is 16.6 Å². The van der Waals surface area contributed by atoms with Gasteiger partial charge >= 0.3 is 0 Å². The van der Waals surface area contributed by atoms with E-state index < -0.39 is 0 Å². The van der Waals surface area contributed by atoms with Crippen molar-refractivity contribution < 1.29 is 0 Å². The molecule has 0 aliphatic rings. The summed E-state index contributed by atoms with van der Waals surface area (Å²) >= 11 is 7.72. The SMILES string of the molecule is CCC(C)(C)c1cc2ncnc(Cl)c2s1. The van der Waals surface area contributed by atoms with Crippen molar-refractivity contribution in [1.82, 2.24) is 9.97 Å². The molecule has 0 bridgehead atoms. The van der Waals surface area contributed by atoms with Gasteiger partial charge in [0.1, 0.15) is 11.5 Å². The van der Waals surface area contributed by atoms with E-state index in [1.807, 2.05) is 0 Å². The molecule has 0 amide bonds. The van der Waals surface area contributed by atoms with Crippen LogP contribution in [0.15, 0.2) is 12.4 Å². The molecule has 2 nitrogen and oxygen atoms in total. The third-order valence-electron chi connectivity index (χ3n) is 2.82. The molecule has 2 aromatic heterocycles. The standard InChI is InChI=1S/C11H13ClN2S/c1-4-11(2,3)8-5-7-9(15-8)10(12)14-6-13-7/h5-6H,4H2,1-3H3. The second-order valence-corrected chi connectivity index (χ2v) is 5.64. The van der Waals surface area contributed by atoms with Crippen molar-refractivity contribution in [3.05, 3.63) is 22.4 Å². The van der Waals surface area contributed by atoms with Crippen molar-refractivity contribution in [1.29, 1.82) is 0 Å². The van der Waals surface area contributed by atoms with Crippen LogP contribution in [0.4, 0.5) is 0 Å². The van der Waals surface area contributed by atoms with Crippen LogP contribution in [0.3, 0.4) is 0 Å². The molecule has 0 fully saturated rings. The fraction of sp³-hybridized carbons (Fsp3) is 0.455. The van der Waals surface area contributed by atoms with Gasteiger partial charge in [-0.3, -0.25) is 0 Å². The first-order valence-electron chi connectivity index (χ1n) is 4.95. The van der Waals surface area contributed by atoms with Gasteiger partial charge in [0.05, 0.1) is 10.2 Å². The normalized spacial score (nSPS) is 12.3. The minimum atomic E-state index is 0.189. The van der Waals surface area contributed by atoms with Crippen molar-refractivity contribution in [3.8, 4) is 0 Å². The van der Waals surface area contributed by atoms with Gasteiger partial charge in [0.2, 0.25) is 0 Å². The predicted molar refractivity (Wildman–Crippen MR) is 65.7 cm³/mol. The van der Waals surface area contributed by atoms with Crippen LogP contribution in [0.2, 0.25) is 5.15 Å². The number of hydrogen-bond donors (Lipinski definition) is 0. The molecule has 0 atom stereocenters. The number of hydrogen-bond acceptors (Lipinski definition) is 3. The maximum absolute atomic E-state index is 6.02. The quantitative estimate of drug-likeness (QED) is 0.741. The molecular weight excluding hydrogens is 228 g/mol. The molecule has 4 heteroatoms. The zero-order valence-electron chi connectivity index (χ0n) is 9.04. The topological polar surface area (TPSA) is 25.8 Å². The molecule has 2 aromatic rings. The van der Waals surface area contributed by atoms with Gasteiger partial charge in [-0.15, -0.1) is 11.3 Å². The van der Waals surface area contributed by atoms with Crippen LogP contribution in [0, 0.1) is 0 Å². The molecule has 0 saturated carbocycles. The molecule has 0 saturated heterocycles. The highest BCUT2D eigenvalue weighted by atomic mass is 35.5. The van der Waals surface area contributed by atoms with E-state index in [4.69, 9.17) is 11.6 Å². The van der Waals surface area contributed by atoms with Gasteiger partial charge in [-0.05, 0) is 17.9 Å². The molecule has 15 heavy (non-hydrogen) atoms. The molecule has 80 valence electrons. The Morgan fingerprint density at radius 3 is 2.73 bits per heavy atom. The Morgan fingerprint density at radius 2 is 2.13 bits per heavy atom. The summed E-state index contributed by atoms with van der Waals surface area (Å²) in [7, 11) is 0. The highest BCUT2D eigenvalue weighted by Crippen LogP contribution is 2.37. The van der Waals surface area contributed by atoms with Gasteiger partial charge in [-0.25, -0.2) is 9.97 Å². The Labute approximate surface area is 98.3 Å². The molecule has 0 N–H and O–H groups in total. The lowest BCUT2D eigenvalue weighted by molar-refractivity contribution is 0.517. The third kappa shape index (κ3) is 1.86. The van der Waals surface area contributed by atoms with Crippen LogP contribution < -0.4 is 0 Å². The molecule has 2 heterocycles. The summed E-state index contributed by atoms with van der Waals surface area (Å²) in [6.45, 7) is 6.66. The second kappa shape index (κ2) is 3.72. The van der Waals surface area contributed by atoms with E-state index in [2.05, 4.69) is 36.8 Å². The highest BCUT2D eigenvalue weighted by molar-refractivity contribution is 7.19. The number of rotatable bonds is 2. The average molecular weight is 241 g/mol. The van der Waals surface area contributed by atoms with Crippen molar-refractivity contribution in [2.45, 2.75) is 32.6 Å². The Morgan fingerprint density at radius 1 is 1.40 bits per heavy atom. The highest BCUT2D eigenvalue weighted by Gasteiger charge is 2.21. The maximum atomic E-state index is 6.02. The number of halogens is 1. The molecule has 0 aliphatic heterocycles. The minimum Gasteiger partial charge on any atom is -0.235 e. The van der Waals surface area contributed by atoms with Crippen LogP contribution >= 0.6 is 22.9 Å². The fourth-order valence-electron chi connectivity index (χ4n) is 1.33. The first kappa shape index (κ1) is 10.8. The van der Waals surface area contributed by atoms with Gasteiger partial charge in [0.25, 0.3) is 0 Å². The van der Waals surface area contributed by atoms with E-state index in [9.17, 15) is 0 Å². The largest absolute Gasteiger partial charge is 0.235 e. The summed E-state index contributed by atoms with van der Waals surface area (Å²) < 4.78 is 0.996. The lowest BCUT2D eigenvalue weighted by Gasteiger charge is -2.20. The van der Waals surface area contributed by atoms with E-state index in [0.29, 0.717) is 5.15 Å². The fourth-order valence-corrected chi connectivity index (χ4v) is 2.75. The Hall–Kier alpha value is -0.670. The van der Waals surface area contributed by atoms with Crippen molar-refractivity contribution in [2.75, 3.05) is 0 Å². The lowest BCUT2D eigenvalue weighted by Crippen LogP contribution is -2.12. The van der Waals surface area contributed by atoms with Crippen LogP contribution in [-0.4, -0.2) is 9.97 Å². The summed E-state index contributed by atoms with van der Waals surface area (Å²) in [5, 5.41) is 0.558. The summed E-state index contributed by atoms with van der Waals surface area (Å²) in [5.74, 6) is 0. The molecule has 0 aliphatic carbocycles. The summed E-state index contributed by atoms with van der Waals surface area (Å²) in [6.07, 6.45) is 2.62.